The molecule has 0 saturated carbocycles. The lowest BCUT2D eigenvalue weighted by Gasteiger charge is -2.05. The number of hydrogen-bond acceptors (Lipinski definition) is 5. The van der Waals surface area contributed by atoms with Gasteiger partial charge in [-0.2, -0.15) is 4.80 Å². The number of rotatable bonds is 7. The van der Waals surface area contributed by atoms with Gasteiger partial charge in [-0.1, -0.05) is 18.2 Å². The highest BCUT2D eigenvalue weighted by Crippen LogP contribution is 2.11. The van der Waals surface area contributed by atoms with Gasteiger partial charge in [0.2, 0.25) is 5.82 Å². The van der Waals surface area contributed by atoms with Crippen molar-refractivity contribution in [3.63, 3.8) is 0 Å². The summed E-state index contributed by atoms with van der Waals surface area (Å²) in [7, 11) is 0. The van der Waals surface area contributed by atoms with Gasteiger partial charge in [0.25, 0.3) is 0 Å². The molecule has 2 heterocycles. The van der Waals surface area contributed by atoms with E-state index in [0.717, 1.165) is 30.7 Å². The Bertz CT molecular complexity index is 684. The van der Waals surface area contributed by atoms with Gasteiger partial charge in [-0.3, -0.25) is 4.98 Å². The first kappa shape index (κ1) is 14.2. The molecular formula is C16H17N5O. The molecule has 0 bridgehead atoms. The van der Waals surface area contributed by atoms with Gasteiger partial charge in [-0.15, -0.1) is 10.2 Å². The van der Waals surface area contributed by atoms with Crippen LogP contribution in [0.5, 0.6) is 5.75 Å². The van der Waals surface area contributed by atoms with Crippen molar-refractivity contribution in [3.8, 4) is 17.1 Å². The first-order valence-electron chi connectivity index (χ1n) is 7.28. The summed E-state index contributed by atoms with van der Waals surface area (Å²) in [6, 6.07) is 13.6. The van der Waals surface area contributed by atoms with Crippen LogP contribution in [0.1, 0.15) is 12.8 Å². The Balaban J connectivity index is 1.42. The standard InChI is InChI=1S/C16H17N5O/c1-2-6-15(7-3-1)22-13-5-4-12-21-19-16(18-20-21)14-8-10-17-11-9-14/h1-3,6-11H,4-5,12-13H2. The molecule has 0 spiro atoms. The predicted octanol–water partition coefficient (Wildman–Crippen LogP) is 2.59. The molecule has 3 rings (SSSR count). The van der Waals surface area contributed by atoms with Crippen molar-refractivity contribution in [2.75, 3.05) is 6.61 Å². The van der Waals surface area contributed by atoms with Crippen molar-refractivity contribution in [3.05, 3.63) is 54.9 Å². The second-order valence-corrected chi connectivity index (χ2v) is 4.81. The van der Waals surface area contributed by atoms with Crippen molar-refractivity contribution in [1.82, 2.24) is 25.2 Å². The van der Waals surface area contributed by atoms with Gasteiger partial charge in [0, 0.05) is 18.0 Å². The SMILES string of the molecule is c1ccc(OCCCCn2nnc(-c3ccncc3)n2)cc1. The summed E-state index contributed by atoms with van der Waals surface area (Å²) >= 11 is 0. The summed E-state index contributed by atoms with van der Waals surface area (Å²) in [6.45, 7) is 1.42. The van der Waals surface area contributed by atoms with E-state index in [1.54, 1.807) is 17.2 Å². The minimum atomic E-state index is 0.628. The van der Waals surface area contributed by atoms with Crippen LogP contribution in [0.25, 0.3) is 11.4 Å². The zero-order valence-electron chi connectivity index (χ0n) is 12.2. The van der Waals surface area contributed by atoms with Crippen LogP contribution < -0.4 is 4.74 Å². The van der Waals surface area contributed by atoms with E-state index >= 15 is 0 Å². The third-order valence-corrected chi connectivity index (χ3v) is 3.16. The summed E-state index contributed by atoms with van der Waals surface area (Å²) in [5.41, 5.74) is 0.925. The fraction of sp³-hybridized carbons (Fsp3) is 0.250. The van der Waals surface area contributed by atoms with E-state index in [0.29, 0.717) is 12.4 Å². The number of para-hydroxylation sites is 1. The molecular weight excluding hydrogens is 278 g/mol. The molecule has 112 valence electrons. The summed E-state index contributed by atoms with van der Waals surface area (Å²) in [5, 5.41) is 12.5. The number of aromatic nitrogens is 5. The zero-order chi connectivity index (χ0) is 15.0. The van der Waals surface area contributed by atoms with Crippen molar-refractivity contribution < 1.29 is 4.74 Å². The fourth-order valence-electron chi connectivity index (χ4n) is 2.02. The van der Waals surface area contributed by atoms with Gasteiger partial charge in [0.15, 0.2) is 0 Å². The molecule has 0 fully saturated rings. The van der Waals surface area contributed by atoms with Gasteiger partial charge in [-0.25, -0.2) is 0 Å². The number of hydrogen-bond donors (Lipinski definition) is 0. The molecule has 0 radical (unpaired) electrons. The maximum atomic E-state index is 5.65. The van der Waals surface area contributed by atoms with Gasteiger partial charge >= 0.3 is 0 Å². The van der Waals surface area contributed by atoms with Crippen LogP contribution in [0.2, 0.25) is 0 Å². The number of pyridine rings is 1. The molecule has 0 saturated heterocycles. The first-order valence-corrected chi connectivity index (χ1v) is 7.28. The second-order valence-electron chi connectivity index (χ2n) is 4.81. The monoisotopic (exact) mass is 295 g/mol. The number of tetrazole rings is 1. The van der Waals surface area contributed by atoms with Crippen molar-refractivity contribution in [1.29, 1.82) is 0 Å². The Morgan fingerprint density at radius 1 is 0.955 bits per heavy atom. The lowest BCUT2D eigenvalue weighted by molar-refractivity contribution is 0.299. The molecule has 1 aromatic carbocycles. The number of unbranched alkanes of at least 4 members (excludes halogenated alkanes) is 1. The van der Waals surface area contributed by atoms with Crippen LogP contribution in [-0.2, 0) is 6.54 Å². The van der Waals surface area contributed by atoms with E-state index in [1.807, 2.05) is 42.5 Å². The average Bonchev–Trinajstić information content (AvgIpc) is 3.05. The Hall–Kier alpha value is -2.76. The lowest BCUT2D eigenvalue weighted by Crippen LogP contribution is -2.05. The highest BCUT2D eigenvalue weighted by atomic mass is 16.5. The molecule has 0 atom stereocenters. The molecule has 0 aliphatic carbocycles. The Kier molecular flexibility index (Phi) is 4.71. The van der Waals surface area contributed by atoms with E-state index in [1.165, 1.54) is 0 Å². The number of ether oxygens (including phenoxy) is 1. The molecule has 0 unspecified atom stereocenters. The third kappa shape index (κ3) is 3.88. The molecule has 3 aromatic rings. The Morgan fingerprint density at radius 3 is 2.59 bits per heavy atom. The van der Waals surface area contributed by atoms with Gasteiger partial charge < -0.3 is 4.74 Å². The molecule has 2 aromatic heterocycles. The third-order valence-electron chi connectivity index (χ3n) is 3.16. The van der Waals surface area contributed by atoms with Crippen LogP contribution in [0.15, 0.2) is 54.9 Å². The number of benzene rings is 1. The van der Waals surface area contributed by atoms with E-state index in [2.05, 4.69) is 20.4 Å². The smallest absolute Gasteiger partial charge is 0.205 e. The maximum absolute atomic E-state index is 5.65. The molecule has 0 N–H and O–H groups in total. The van der Waals surface area contributed by atoms with E-state index in [4.69, 9.17) is 4.74 Å². The second kappa shape index (κ2) is 7.31. The van der Waals surface area contributed by atoms with Crippen LogP contribution >= 0.6 is 0 Å². The lowest BCUT2D eigenvalue weighted by atomic mass is 10.3. The first-order chi connectivity index (χ1) is 10.9. The van der Waals surface area contributed by atoms with Crippen LogP contribution in [0, 0.1) is 0 Å². The maximum Gasteiger partial charge on any atom is 0.205 e. The van der Waals surface area contributed by atoms with Gasteiger partial charge in [-0.05, 0) is 42.3 Å². The minimum Gasteiger partial charge on any atom is -0.494 e. The number of aryl methyl sites for hydroxylation is 1. The molecule has 6 nitrogen and oxygen atoms in total. The normalized spacial score (nSPS) is 10.5. The topological polar surface area (TPSA) is 65.7 Å². The van der Waals surface area contributed by atoms with Gasteiger partial charge in [0.05, 0.1) is 13.2 Å². The largest absolute Gasteiger partial charge is 0.494 e. The van der Waals surface area contributed by atoms with E-state index in [-0.39, 0.29) is 0 Å². The zero-order valence-corrected chi connectivity index (χ0v) is 12.2. The van der Waals surface area contributed by atoms with Gasteiger partial charge in [0.1, 0.15) is 5.75 Å². The van der Waals surface area contributed by atoms with E-state index < -0.39 is 0 Å². The summed E-state index contributed by atoms with van der Waals surface area (Å²) in [6.07, 6.45) is 5.33. The quantitative estimate of drug-likeness (QED) is 0.627. The van der Waals surface area contributed by atoms with Crippen LogP contribution in [0.3, 0.4) is 0 Å². The van der Waals surface area contributed by atoms with E-state index in [9.17, 15) is 0 Å². The average molecular weight is 295 g/mol. The van der Waals surface area contributed by atoms with Crippen molar-refractivity contribution in [2.24, 2.45) is 0 Å². The Morgan fingerprint density at radius 2 is 1.77 bits per heavy atom. The van der Waals surface area contributed by atoms with Crippen molar-refractivity contribution >= 4 is 0 Å². The summed E-state index contributed by atoms with van der Waals surface area (Å²) in [4.78, 5) is 5.60. The fourth-order valence-corrected chi connectivity index (χ4v) is 2.02. The highest BCUT2D eigenvalue weighted by molar-refractivity contribution is 5.51. The summed E-state index contributed by atoms with van der Waals surface area (Å²) < 4.78 is 5.65. The molecule has 0 aliphatic rings. The van der Waals surface area contributed by atoms with Crippen molar-refractivity contribution in [2.45, 2.75) is 19.4 Å². The molecule has 6 heteroatoms. The van der Waals surface area contributed by atoms with Crippen LogP contribution in [-0.4, -0.2) is 31.8 Å². The number of nitrogens with zero attached hydrogens (tertiary/aromatic N) is 5. The minimum absolute atomic E-state index is 0.628. The molecule has 0 aliphatic heterocycles. The highest BCUT2D eigenvalue weighted by Gasteiger charge is 2.04. The molecule has 22 heavy (non-hydrogen) atoms. The Labute approximate surface area is 128 Å². The molecule has 0 amide bonds. The predicted molar refractivity (Wildman–Crippen MR) is 82.2 cm³/mol. The van der Waals surface area contributed by atoms with Crippen LogP contribution in [0.4, 0.5) is 0 Å². The summed E-state index contributed by atoms with van der Waals surface area (Å²) in [5.74, 6) is 1.53.